The average molecular weight is 1080 g/mol. The number of hydrogen-bond acceptors (Lipinski definition) is 0. The van der Waals surface area contributed by atoms with Gasteiger partial charge in [-0.3, -0.25) is 24.3 Å². The van der Waals surface area contributed by atoms with Crippen molar-refractivity contribution >= 4 is 31.3 Å². The van der Waals surface area contributed by atoms with Crippen molar-refractivity contribution in [2.24, 2.45) is 0 Å². The fourth-order valence-electron chi connectivity index (χ4n) is 4.81. The fourth-order valence-corrected chi connectivity index (χ4v) is 7.21. The van der Waals surface area contributed by atoms with Crippen LogP contribution in [0.25, 0.3) is 0 Å². The average Bonchev–Trinajstić information content (AvgIpc) is 4.06. The van der Waals surface area contributed by atoms with E-state index < -0.39 is 0 Å². The van der Waals surface area contributed by atoms with Crippen molar-refractivity contribution in [2.75, 3.05) is 0 Å². The molecule has 0 aliphatic heterocycles. The van der Waals surface area contributed by atoms with Crippen LogP contribution >= 0.6 is 24.8 Å². The molecule has 0 nitrogen and oxygen atoms in total. The molecular formula is C50H50Cl2Hf2. The monoisotopic (exact) mass is 1080 g/mol. The first-order valence-corrected chi connectivity index (χ1v) is 21.3. The van der Waals surface area contributed by atoms with Gasteiger partial charge in [0.2, 0.25) is 0 Å². The van der Waals surface area contributed by atoms with Crippen LogP contribution in [0.2, 0.25) is 0 Å². The van der Waals surface area contributed by atoms with Gasteiger partial charge in [0.05, 0.1) is 0 Å². The zero-order chi connectivity index (χ0) is 37.2. The minimum absolute atomic E-state index is 0. The van der Waals surface area contributed by atoms with Crippen molar-refractivity contribution in [3.63, 3.8) is 0 Å². The van der Waals surface area contributed by atoms with Crippen LogP contribution in [0.4, 0.5) is 0 Å². The Morgan fingerprint density at radius 1 is 0.352 bits per heavy atom. The van der Waals surface area contributed by atoms with Gasteiger partial charge < -0.3 is 0 Å². The molecule has 0 heterocycles. The maximum absolute atomic E-state index is 3.12. The predicted octanol–water partition coefficient (Wildman–Crippen LogP) is 13.2. The topological polar surface area (TPSA) is 0 Å². The molecule has 8 rings (SSSR count). The van der Waals surface area contributed by atoms with E-state index in [9.17, 15) is 0 Å². The van der Waals surface area contributed by atoms with Crippen LogP contribution in [-0.4, -0.2) is 6.51 Å². The summed E-state index contributed by atoms with van der Waals surface area (Å²) < 4.78 is 2.93. The molecule has 0 fully saturated rings. The van der Waals surface area contributed by atoms with Crippen molar-refractivity contribution in [1.29, 1.82) is 0 Å². The molecule has 4 aromatic carbocycles. The molecular weight excluding hydrogens is 1030 g/mol. The minimum atomic E-state index is 0. The van der Waals surface area contributed by atoms with E-state index >= 15 is 0 Å². The standard InChI is InChI=1S/2C13H10.4C6H7.2ClH.2Hf/c2*1-3-7-12(8-4-1)11-13-9-5-2-6-10-13;4*1-6-4-2-3-5-6;;;;/h2*1-10H;4*2,4H,3H2,1H3;2*1H;;/q;;4*-1;;;2*+2. The third kappa shape index (κ3) is 21.1. The zero-order valence-electron chi connectivity index (χ0n) is 31.8. The van der Waals surface area contributed by atoms with Gasteiger partial charge in [-0.1, -0.05) is 27.7 Å². The Bertz CT molecular complexity index is 1620. The SMILES string of the molecule is CC1=[C-]CC=C1.CC1=[C-]CC=C1.CC1=[C-]CC=C1.CC1=[C-]CC=C1.Cl.Cl.[Hf+2]=[C](c1ccccc1)c1ccccc1.[Hf+2]=[C](c1ccccc1)c1ccccc1. The van der Waals surface area contributed by atoms with Crippen LogP contribution in [-0.2, 0) is 47.8 Å². The number of hydrogen-bond donors (Lipinski definition) is 0. The molecule has 4 aliphatic carbocycles. The van der Waals surface area contributed by atoms with Gasteiger partial charge in [0, 0.05) is 0 Å². The summed E-state index contributed by atoms with van der Waals surface area (Å²) >= 11 is 2.16. The quantitative estimate of drug-likeness (QED) is 0.141. The van der Waals surface area contributed by atoms with Gasteiger partial charge in [-0.15, -0.1) is 50.5 Å². The summed E-state index contributed by atoms with van der Waals surface area (Å²) in [4.78, 5) is 0. The van der Waals surface area contributed by atoms with E-state index in [-0.39, 0.29) is 24.8 Å². The molecule has 0 atom stereocenters. The summed E-state index contributed by atoms with van der Waals surface area (Å²) in [5.41, 5.74) is 10.5. The van der Waals surface area contributed by atoms with Gasteiger partial charge in [0.1, 0.15) is 0 Å². The van der Waals surface area contributed by atoms with Crippen LogP contribution in [0.3, 0.4) is 0 Å². The second-order valence-corrected chi connectivity index (χ2v) is 15.7. The number of halogens is 2. The summed E-state index contributed by atoms with van der Waals surface area (Å²) in [6, 6.07) is 42.4. The Balaban J connectivity index is 0.000000337. The Morgan fingerprint density at radius 3 is 0.648 bits per heavy atom. The van der Waals surface area contributed by atoms with Crippen molar-refractivity contribution in [1.82, 2.24) is 0 Å². The predicted molar refractivity (Wildman–Crippen MR) is 231 cm³/mol. The van der Waals surface area contributed by atoms with Crippen molar-refractivity contribution in [3.05, 3.63) is 239 Å². The Labute approximate surface area is 367 Å². The second kappa shape index (κ2) is 30.1. The van der Waals surface area contributed by atoms with Gasteiger partial charge in [0.15, 0.2) is 0 Å². The molecule has 272 valence electrons. The van der Waals surface area contributed by atoms with Crippen molar-refractivity contribution in [2.45, 2.75) is 53.4 Å². The van der Waals surface area contributed by atoms with Gasteiger partial charge in [-0.2, -0.15) is 24.3 Å². The van der Waals surface area contributed by atoms with E-state index in [1.54, 1.807) is 0 Å². The van der Waals surface area contributed by atoms with E-state index in [0.29, 0.717) is 0 Å². The van der Waals surface area contributed by atoms with Crippen LogP contribution in [0.15, 0.2) is 192 Å². The summed E-state index contributed by atoms with van der Waals surface area (Å²) in [7, 11) is 0. The van der Waals surface area contributed by atoms with Crippen LogP contribution in [0, 0.1) is 24.3 Å². The molecule has 0 saturated heterocycles. The van der Waals surface area contributed by atoms with Gasteiger partial charge >= 0.3 is 198 Å². The first kappa shape index (κ1) is 48.9. The fraction of sp³-hybridized carbons (Fsp3) is 0.160. The molecule has 0 aromatic heterocycles. The molecule has 0 spiro atoms. The van der Waals surface area contributed by atoms with E-state index in [0.717, 1.165) is 73.5 Å². The molecule has 0 unspecified atom stereocenters. The van der Waals surface area contributed by atoms with Crippen LogP contribution in [0.1, 0.15) is 75.6 Å². The van der Waals surface area contributed by atoms with Gasteiger partial charge in [0.25, 0.3) is 0 Å². The van der Waals surface area contributed by atoms with E-state index in [1.165, 1.54) is 51.1 Å². The first-order valence-electron chi connectivity index (χ1n) is 17.7. The van der Waals surface area contributed by atoms with Gasteiger partial charge in [-0.05, 0) is 0 Å². The third-order valence-electron chi connectivity index (χ3n) is 7.72. The van der Waals surface area contributed by atoms with Crippen molar-refractivity contribution in [3.8, 4) is 0 Å². The third-order valence-corrected chi connectivity index (χ3v) is 11.9. The molecule has 0 bridgehead atoms. The molecule has 0 saturated carbocycles. The van der Waals surface area contributed by atoms with Gasteiger partial charge in [-0.25, -0.2) is 46.6 Å². The normalized spacial score (nSPS) is 13.3. The number of benzene rings is 4. The van der Waals surface area contributed by atoms with Crippen LogP contribution < -0.4 is 0 Å². The van der Waals surface area contributed by atoms with E-state index in [4.69, 9.17) is 0 Å². The first-order chi connectivity index (χ1) is 25.3. The molecule has 0 radical (unpaired) electrons. The molecule has 4 aliphatic rings. The Hall–Kier alpha value is -3.14. The molecule has 54 heavy (non-hydrogen) atoms. The van der Waals surface area contributed by atoms with Crippen LogP contribution in [0.5, 0.6) is 0 Å². The maximum atomic E-state index is 3.12. The molecule has 4 heteroatoms. The zero-order valence-corrected chi connectivity index (χ0v) is 40.6. The molecule has 0 N–H and O–H groups in total. The Kier molecular flexibility index (Phi) is 27.3. The summed E-state index contributed by atoms with van der Waals surface area (Å²) in [5, 5.41) is 0. The molecule has 4 aromatic rings. The molecule has 0 amide bonds. The summed E-state index contributed by atoms with van der Waals surface area (Å²) in [6.45, 7) is 8.24. The number of allylic oxidation sites excluding steroid dienone is 16. The Morgan fingerprint density at radius 2 is 0.537 bits per heavy atom. The number of rotatable bonds is 4. The van der Waals surface area contributed by atoms with E-state index in [2.05, 4.69) is 222 Å². The van der Waals surface area contributed by atoms with Crippen molar-refractivity contribution < 1.29 is 47.8 Å². The second-order valence-electron chi connectivity index (χ2n) is 12.1. The summed E-state index contributed by atoms with van der Waals surface area (Å²) in [5.74, 6) is 0. The summed E-state index contributed by atoms with van der Waals surface area (Å²) in [6.07, 6.45) is 33.3. The van der Waals surface area contributed by atoms with E-state index in [1.807, 2.05) is 0 Å².